The third kappa shape index (κ3) is 2.70. The summed E-state index contributed by atoms with van der Waals surface area (Å²) in [5.74, 6) is 1.55. The van der Waals surface area contributed by atoms with Gasteiger partial charge in [-0.1, -0.05) is 0 Å². The maximum Gasteiger partial charge on any atom is 0.242 e. The molecule has 2 aliphatic carbocycles. The summed E-state index contributed by atoms with van der Waals surface area (Å²) in [5.41, 5.74) is 3.98. The average Bonchev–Trinajstić information content (AvgIpc) is 3.30. The number of ether oxygens (including phenoxy) is 1. The SMILES string of the molecule is Cc1nc2ncc(-c3ccn4ncnc(OC5CC(C)(O)C5)c34)cc2n1C1CC1. The normalized spacial score (nSPS) is 24.2. The molecule has 8 nitrogen and oxygen atoms in total. The molecule has 148 valence electrons. The standard InChI is InChI=1S/C21H22N6O2/c1-12-25-19-17(27(12)14-3-4-14)7-13(10-22-19)16-5-6-26-18(16)20(23-11-24-26)29-15-8-21(2,28)9-15/h5-7,10-11,14-15,28H,3-4,8-9H2,1-2H3. The number of imidazole rings is 1. The summed E-state index contributed by atoms with van der Waals surface area (Å²) in [4.78, 5) is 13.6. The molecule has 8 heteroatoms. The van der Waals surface area contributed by atoms with Crippen LogP contribution in [0.4, 0.5) is 0 Å². The molecule has 2 saturated carbocycles. The molecule has 4 aromatic heterocycles. The van der Waals surface area contributed by atoms with E-state index in [0.29, 0.717) is 24.8 Å². The molecule has 0 aromatic carbocycles. The molecule has 0 unspecified atom stereocenters. The summed E-state index contributed by atoms with van der Waals surface area (Å²) >= 11 is 0. The lowest BCUT2D eigenvalue weighted by molar-refractivity contribution is -0.0899. The molecule has 0 radical (unpaired) electrons. The third-order valence-electron chi connectivity index (χ3n) is 5.98. The van der Waals surface area contributed by atoms with Gasteiger partial charge in [-0.05, 0) is 38.8 Å². The zero-order chi connectivity index (χ0) is 19.8. The summed E-state index contributed by atoms with van der Waals surface area (Å²) in [6.45, 7) is 3.87. The van der Waals surface area contributed by atoms with Crippen molar-refractivity contribution in [3.63, 3.8) is 0 Å². The Morgan fingerprint density at radius 2 is 2.07 bits per heavy atom. The molecule has 2 fully saturated rings. The van der Waals surface area contributed by atoms with Gasteiger partial charge in [0.2, 0.25) is 5.88 Å². The predicted octanol–water partition coefficient (Wildman–Crippen LogP) is 3.08. The van der Waals surface area contributed by atoms with Crippen molar-refractivity contribution in [2.45, 2.75) is 57.3 Å². The van der Waals surface area contributed by atoms with E-state index in [0.717, 1.165) is 33.6 Å². The van der Waals surface area contributed by atoms with Crippen molar-refractivity contribution in [2.75, 3.05) is 0 Å². The predicted molar refractivity (Wildman–Crippen MR) is 107 cm³/mol. The molecule has 1 N–H and O–H groups in total. The Labute approximate surface area is 167 Å². The van der Waals surface area contributed by atoms with Crippen LogP contribution in [0.3, 0.4) is 0 Å². The fourth-order valence-corrected chi connectivity index (χ4v) is 4.44. The van der Waals surface area contributed by atoms with E-state index in [4.69, 9.17) is 4.74 Å². The molecule has 0 spiro atoms. The molecule has 4 aromatic rings. The summed E-state index contributed by atoms with van der Waals surface area (Å²) in [7, 11) is 0. The molecule has 4 heterocycles. The Hall–Kier alpha value is -3.00. The molecule has 2 aliphatic rings. The number of aromatic nitrogens is 6. The fourth-order valence-electron chi connectivity index (χ4n) is 4.44. The van der Waals surface area contributed by atoms with E-state index >= 15 is 0 Å². The van der Waals surface area contributed by atoms with Crippen molar-refractivity contribution in [3.05, 3.63) is 36.7 Å². The second-order valence-electron chi connectivity index (χ2n) is 8.56. The topological polar surface area (TPSA) is 90.4 Å². The highest BCUT2D eigenvalue weighted by molar-refractivity contribution is 5.88. The van der Waals surface area contributed by atoms with E-state index in [1.165, 1.54) is 19.2 Å². The lowest BCUT2D eigenvalue weighted by Gasteiger charge is -2.40. The number of fused-ring (bicyclic) bond motifs is 2. The smallest absolute Gasteiger partial charge is 0.242 e. The van der Waals surface area contributed by atoms with Gasteiger partial charge in [0, 0.05) is 42.4 Å². The van der Waals surface area contributed by atoms with Gasteiger partial charge in [-0.15, -0.1) is 0 Å². The summed E-state index contributed by atoms with van der Waals surface area (Å²) < 4.78 is 10.2. The first-order valence-corrected chi connectivity index (χ1v) is 10.0. The Balaban J connectivity index is 1.45. The highest BCUT2D eigenvalue weighted by atomic mass is 16.5. The zero-order valence-corrected chi connectivity index (χ0v) is 16.4. The maximum absolute atomic E-state index is 10.0. The van der Waals surface area contributed by atoms with E-state index in [9.17, 15) is 5.11 Å². The highest BCUT2D eigenvalue weighted by Gasteiger charge is 2.40. The number of nitrogens with zero attached hydrogens (tertiary/aromatic N) is 6. The Morgan fingerprint density at radius 3 is 2.83 bits per heavy atom. The van der Waals surface area contributed by atoms with Crippen LogP contribution in [0.1, 0.15) is 44.5 Å². The molecular weight excluding hydrogens is 368 g/mol. The van der Waals surface area contributed by atoms with Crippen molar-refractivity contribution in [3.8, 4) is 17.0 Å². The van der Waals surface area contributed by atoms with Crippen LogP contribution in [0, 0.1) is 6.92 Å². The molecule has 29 heavy (non-hydrogen) atoms. The number of rotatable bonds is 4. The van der Waals surface area contributed by atoms with Gasteiger partial charge >= 0.3 is 0 Å². The van der Waals surface area contributed by atoms with E-state index in [1.807, 2.05) is 32.3 Å². The van der Waals surface area contributed by atoms with Gasteiger partial charge in [0.25, 0.3) is 0 Å². The first kappa shape index (κ1) is 16.9. The Bertz CT molecular complexity index is 1250. The van der Waals surface area contributed by atoms with Gasteiger partial charge in [-0.3, -0.25) is 0 Å². The number of aliphatic hydroxyl groups is 1. The van der Waals surface area contributed by atoms with Crippen molar-refractivity contribution >= 4 is 16.7 Å². The van der Waals surface area contributed by atoms with Crippen LogP contribution < -0.4 is 4.74 Å². The van der Waals surface area contributed by atoms with Gasteiger partial charge in [-0.2, -0.15) is 10.1 Å². The highest BCUT2D eigenvalue weighted by Crippen LogP contribution is 2.40. The summed E-state index contributed by atoms with van der Waals surface area (Å²) in [5, 5.41) is 14.3. The van der Waals surface area contributed by atoms with Crippen molar-refractivity contribution in [2.24, 2.45) is 0 Å². The first-order valence-electron chi connectivity index (χ1n) is 10.0. The molecule has 0 aliphatic heterocycles. The van der Waals surface area contributed by atoms with Gasteiger partial charge < -0.3 is 14.4 Å². The van der Waals surface area contributed by atoms with Crippen LogP contribution in [0.5, 0.6) is 5.88 Å². The molecule has 0 saturated heterocycles. The van der Waals surface area contributed by atoms with Crippen molar-refractivity contribution in [1.29, 1.82) is 0 Å². The van der Waals surface area contributed by atoms with Gasteiger partial charge in [-0.25, -0.2) is 14.5 Å². The second-order valence-corrected chi connectivity index (χ2v) is 8.56. The maximum atomic E-state index is 10.0. The molecule has 0 amide bonds. The lowest BCUT2D eigenvalue weighted by atomic mass is 9.79. The van der Waals surface area contributed by atoms with E-state index in [1.54, 1.807) is 4.52 Å². The van der Waals surface area contributed by atoms with Crippen molar-refractivity contribution in [1.82, 2.24) is 29.1 Å². The summed E-state index contributed by atoms with van der Waals surface area (Å²) in [6, 6.07) is 4.71. The molecule has 0 bridgehead atoms. The summed E-state index contributed by atoms with van der Waals surface area (Å²) in [6.07, 6.45) is 8.82. The first-order chi connectivity index (χ1) is 14.0. The number of aryl methyl sites for hydroxylation is 1. The fraction of sp³-hybridized carbons (Fsp3) is 0.429. The van der Waals surface area contributed by atoms with Crippen LogP contribution >= 0.6 is 0 Å². The minimum atomic E-state index is -0.646. The lowest BCUT2D eigenvalue weighted by Crippen LogP contribution is -2.47. The van der Waals surface area contributed by atoms with E-state index in [2.05, 4.69) is 30.7 Å². The molecule has 0 atom stereocenters. The van der Waals surface area contributed by atoms with Crippen LogP contribution in [0.2, 0.25) is 0 Å². The second kappa shape index (κ2) is 5.76. The largest absolute Gasteiger partial charge is 0.473 e. The molecular formula is C21H22N6O2. The van der Waals surface area contributed by atoms with Crippen molar-refractivity contribution < 1.29 is 9.84 Å². The van der Waals surface area contributed by atoms with Crippen LogP contribution in [-0.2, 0) is 0 Å². The van der Waals surface area contributed by atoms with Crippen LogP contribution in [-0.4, -0.2) is 45.9 Å². The minimum Gasteiger partial charge on any atom is -0.473 e. The zero-order valence-electron chi connectivity index (χ0n) is 16.4. The van der Waals surface area contributed by atoms with E-state index in [-0.39, 0.29) is 6.10 Å². The van der Waals surface area contributed by atoms with Gasteiger partial charge in [0.15, 0.2) is 5.65 Å². The number of hydrogen-bond donors (Lipinski definition) is 1. The van der Waals surface area contributed by atoms with E-state index < -0.39 is 5.60 Å². The molecule has 6 rings (SSSR count). The van der Waals surface area contributed by atoms with Gasteiger partial charge in [0.1, 0.15) is 23.8 Å². The quantitative estimate of drug-likeness (QED) is 0.576. The third-order valence-corrected chi connectivity index (χ3v) is 5.98. The van der Waals surface area contributed by atoms with Crippen LogP contribution in [0.15, 0.2) is 30.9 Å². The van der Waals surface area contributed by atoms with Crippen LogP contribution in [0.25, 0.3) is 27.8 Å². The number of pyridine rings is 1. The average molecular weight is 390 g/mol. The Morgan fingerprint density at radius 1 is 1.24 bits per heavy atom. The Kier molecular flexibility index (Phi) is 3.36. The van der Waals surface area contributed by atoms with Gasteiger partial charge in [0.05, 0.1) is 11.1 Å². The minimum absolute atomic E-state index is 0.0361. The number of hydrogen-bond acceptors (Lipinski definition) is 6. The monoisotopic (exact) mass is 390 g/mol.